The molecule has 23 heavy (non-hydrogen) atoms. The Morgan fingerprint density at radius 1 is 1.30 bits per heavy atom. The molecule has 2 atom stereocenters. The largest absolute Gasteiger partial charge is 0.334 e. The zero-order valence-electron chi connectivity index (χ0n) is 13.6. The fraction of sp³-hybridized carbons (Fsp3) is 0.412. The number of benzene rings is 1. The van der Waals surface area contributed by atoms with E-state index in [1.165, 1.54) is 0 Å². The summed E-state index contributed by atoms with van der Waals surface area (Å²) < 4.78 is 11.5. The molecular weight excluding hydrogens is 310 g/mol. The summed E-state index contributed by atoms with van der Waals surface area (Å²) in [6.45, 7) is 1.99. The molecule has 1 aliphatic rings. The molecule has 1 aromatic carbocycles. The van der Waals surface area contributed by atoms with Gasteiger partial charge in [-0.2, -0.15) is 5.10 Å². The lowest BCUT2D eigenvalue weighted by Gasteiger charge is -2.25. The van der Waals surface area contributed by atoms with E-state index in [0.717, 1.165) is 41.0 Å². The smallest absolute Gasteiger partial charge is 0.274 e. The average molecular weight is 331 g/mol. The van der Waals surface area contributed by atoms with Crippen LogP contribution in [-0.4, -0.2) is 38.5 Å². The first-order chi connectivity index (χ1) is 11.0. The molecule has 5 nitrogen and oxygen atoms in total. The maximum absolute atomic E-state index is 12.8. The van der Waals surface area contributed by atoms with Crippen molar-refractivity contribution in [2.24, 2.45) is 0 Å². The number of H-pyrrole nitrogens is 1. The molecule has 0 bridgehead atoms. The van der Waals surface area contributed by atoms with Crippen LogP contribution in [0.2, 0.25) is 0 Å². The molecule has 2 aromatic rings. The lowest BCUT2D eigenvalue weighted by molar-refractivity contribution is 0.0735. The summed E-state index contributed by atoms with van der Waals surface area (Å²) in [7, 11) is 0.812. The number of aromatic nitrogens is 2. The number of hydrogen-bond acceptors (Lipinski definition) is 3. The van der Waals surface area contributed by atoms with Crippen LogP contribution in [0.5, 0.6) is 0 Å². The summed E-state index contributed by atoms with van der Waals surface area (Å²) in [5.41, 5.74) is 3.75. The van der Waals surface area contributed by atoms with Gasteiger partial charge in [-0.3, -0.25) is 14.1 Å². The van der Waals surface area contributed by atoms with Crippen LogP contribution in [0.4, 0.5) is 0 Å². The predicted octanol–water partition coefficient (Wildman–Crippen LogP) is 2.47. The monoisotopic (exact) mass is 331 g/mol. The van der Waals surface area contributed by atoms with Gasteiger partial charge in [0.05, 0.1) is 6.04 Å². The Balaban J connectivity index is 1.79. The maximum atomic E-state index is 12.8. The standard InChI is InChI=1S/C17H21N3O2S/c1-11(12-7-9-13(10-8-12)23(3)22)20(2)17(21)16-14-5-4-6-15(14)18-19-16/h7-11H,4-6H2,1-3H3,(H,18,19)/t11-,23+/m1/s1. The third kappa shape index (κ3) is 2.95. The Bertz CT molecular complexity index is 752. The molecule has 0 spiro atoms. The zero-order valence-corrected chi connectivity index (χ0v) is 14.4. The van der Waals surface area contributed by atoms with Gasteiger partial charge in [0.15, 0.2) is 5.69 Å². The molecule has 1 heterocycles. The van der Waals surface area contributed by atoms with E-state index < -0.39 is 10.8 Å². The normalized spacial score (nSPS) is 16.0. The van der Waals surface area contributed by atoms with Crippen LogP contribution < -0.4 is 0 Å². The second-order valence-corrected chi connectivity index (χ2v) is 7.38. The Morgan fingerprint density at radius 3 is 2.65 bits per heavy atom. The third-order valence-electron chi connectivity index (χ3n) is 4.60. The summed E-state index contributed by atoms with van der Waals surface area (Å²) in [5, 5.41) is 7.21. The highest BCUT2D eigenvalue weighted by molar-refractivity contribution is 7.84. The molecule has 0 fully saturated rings. The maximum Gasteiger partial charge on any atom is 0.274 e. The molecular formula is C17H21N3O2S. The lowest BCUT2D eigenvalue weighted by Crippen LogP contribution is -2.30. The van der Waals surface area contributed by atoms with Crippen LogP contribution >= 0.6 is 0 Å². The number of nitrogens with one attached hydrogen (secondary N) is 1. The fourth-order valence-corrected chi connectivity index (χ4v) is 3.52. The van der Waals surface area contributed by atoms with Crippen molar-refractivity contribution in [3.63, 3.8) is 0 Å². The Kier molecular flexibility index (Phi) is 4.35. The minimum atomic E-state index is -0.989. The van der Waals surface area contributed by atoms with E-state index in [1.807, 2.05) is 31.2 Å². The summed E-state index contributed by atoms with van der Waals surface area (Å²) in [4.78, 5) is 15.3. The van der Waals surface area contributed by atoms with E-state index in [9.17, 15) is 9.00 Å². The topological polar surface area (TPSA) is 66.1 Å². The molecule has 122 valence electrons. The van der Waals surface area contributed by atoms with Crippen molar-refractivity contribution in [3.05, 3.63) is 46.8 Å². The number of fused-ring (bicyclic) bond motifs is 1. The van der Waals surface area contributed by atoms with Crippen molar-refractivity contribution in [2.75, 3.05) is 13.3 Å². The van der Waals surface area contributed by atoms with Gasteiger partial charge in [-0.25, -0.2) is 0 Å². The number of carbonyl (C=O) groups is 1. The average Bonchev–Trinajstić information content (AvgIpc) is 3.16. The second kappa shape index (κ2) is 6.28. The number of hydrogen-bond donors (Lipinski definition) is 1. The van der Waals surface area contributed by atoms with E-state index in [-0.39, 0.29) is 11.9 Å². The van der Waals surface area contributed by atoms with Gasteiger partial charge in [-0.1, -0.05) is 12.1 Å². The molecule has 6 heteroatoms. The Morgan fingerprint density at radius 2 is 2.00 bits per heavy atom. The van der Waals surface area contributed by atoms with Crippen LogP contribution in [0, 0.1) is 0 Å². The molecule has 1 amide bonds. The minimum absolute atomic E-state index is 0.0555. The van der Waals surface area contributed by atoms with Crippen molar-refractivity contribution >= 4 is 16.7 Å². The quantitative estimate of drug-likeness (QED) is 0.936. The van der Waals surface area contributed by atoms with Gasteiger partial charge in [0.25, 0.3) is 5.91 Å². The second-order valence-electron chi connectivity index (χ2n) is 6.00. The number of carbonyl (C=O) groups excluding carboxylic acids is 1. The van der Waals surface area contributed by atoms with Crippen LogP contribution in [0.3, 0.4) is 0 Å². The number of amides is 1. The molecule has 0 aliphatic heterocycles. The van der Waals surface area contributed by atoms with Crippen LogP contribution in [0.15, 0.2) is 29.2 Å². The van der Waals surface area contributed by atoms with E-state index >= 15 is 0 Å². The van der Waals surface area contributed by atoms with Gasteiger partial charge in [0.1, 0.15) is 0 Å². The van der Waals surface area contributed by atoms with E-state index in [0.29, 0.717) is 5.69 Å². The molecule has 0 saturated carbocycles. The number of aryl methyl sites for hydroxylation is 1. The minimum Gasteiger partial charge on any atom is -0.334 e. The van der Waals surface area contributed by atoms with Crippen molar-refractivity contribution in [1.82, 2.24) is 15.1 Å². The van der Waals surface area contributed by atoms with Crippen molar-refractivity contribution in [1.29, 1.82) is 0 Å². The molecule has 1 aliphatic carbocycles. The first-order valence-electron chi connectivity index (χ1n) is 7.75. The highest BCUT2D eigenvalue weighted by Gasteiger charge is 2.27. The summed E-state index contributed by atoms with van der Waals surface area (Å²) >= 11 is 0. The van der Waals surface area contributed by atoms with Crippen molar-refractivity contribution in [3.8, 4) is 0 Å². The van der Waals surface area contributed by atoms with Gasteiger partial charge in [-0.05, 0) is 43.9 Å². The van der Waals surface area contributed by atoms with Gasteiger partial charge in [0, 0.05) is 40.3 Å². The van der Waals surface area contributed by atoms with E-state index in [1.54, 1.807) is 18.2 Å². The highest BCUT2D eigenvalue weighted by atomic mass is 32.2. The van der Waals surface area contributed by atoms with Crippen LogP contribution in [0.25, 0.3) is 0 Å². The molecule has 0 radical (unpaired) electrons. The first kappa shape index (κ1) is 15.9. The summed E-state index contributed by atoms with van der Waals surface area (Å²) in [6, 6.07) is 7.50. The van der Waals surface area contributed by atoms with Crippen LogP contribution in [-0.2, 0) is 23.6 Å². The molecule has 0 saturated heterocycles. The highest BCUT2D eigenvalue weighted by Crippen LogP contribution is 2.26. The summed E-state index contributed by atoms with van der Waals surface area (Å²) in [6.07, 6.45) is 4.64. The van der Waals surface area contributed by atoms with Gasteiger partial charge >= 0.3 is 0 Å². The van der Waals surface area contributed by atoms with Gasteiger partial charge in [-0.15, -0.1) is 0 Å². The molecule has 0 unspecified atom stereocenters. The molecule has 1 N–H and O–H groups in total. The summed E-state index contributed by atoms with van der Waals surface area (Å²) in [5.74, 6) is -0.0555. The number of rotatable bonds is 4. The number of aromatic amines is 1. The zero-order chi connectivity index (χ0) is 16.6. The van der Waals surface area contributed by atoms with E-state index in [4.69, 9.17) is 0 Å². The first-order valence-corrected chi connectivity index (χ1v) is 9.31. The lowest BCUT2D eigenvalue weighted by atomic mass is 10.1. The van der Waals surface area contributed by atoms with Gasteiger partial charge in [0.2, 0.25) is 0 Å². The van der Waals surface area contributed by atoms with Crippen molar-refractivity contribution < 1.29 is 9.00 Å². The van der Waals surface area contributed by atoms with Crippen molar-refractivity contribution in [2.45, 2.75) is 37.1 Å². The number of nitrogens with zero attached hydrogens (tertiary/aromatic N) is 2. The van der Waals surface area contributed by atoms with Crippen LogP contribution in [0.1, 0.15) is 46.7 Å². The van der Waals surface area contributed by atoms with E-state index in [2.05, 4.69) is 10.2 Å². The van der Waals surface area contributed by atoms with Gasteiger partial charge < -0.3 is 4.90 Å². The fourth-order valence-electron chi connectivity index (χ4n) is 3.00. The third-order valence-corrected chi connectivity index (χ3v) is 5.54. The molecule has 1 aromatic heterocycles. The Labute approximate surface area is 138 Å². The molecule has 3 rings (SSSR count). The Hall–Kier alpha value is -1.95. The SMILES string of the molecule is C[C@H](c1ccc([S@](C)=O)cc1)N(C)C(=O)c1n[nH]c2c1CCC2. The predicted molar refractivity (Wildman–Crippen MR) is 89.9 cm³/mol.